The second-order valence-corrected chi connectivity index (χ2v) is 10.5. The Labute approximate surface area is 236 Å². The van der Waals surface area contributed by atoms with Crippen molar-refractivity contribution >= 4 is 76.9 Å². The fourth-order valence-corrected chi connectivity index (χ4v) is 5.22. The molecule has 0 aliphatic carbocycles. The molecule has 0 unspecified atom stereocenters. The number of hydrogen-bond donors (Lipinski definition) is 0. The summed E-state index contributed by atoms with van der Waals surface area (Å²) >= 11 is 19.5. The summed E-state index contributed by atoms with van der Waals surface area (Å²) in [7, 11) is 0. The van der Waals surface area contributed by atoms with Gasteiger partial charge in [-0.05, 0) is 47.5 Å². The standard InChI is InChI=1S/2C15H9BrClN/c16-13-7-4-8-14-12(13)9-11(15(17)18-14)10-5-2-1-3-6-10;16-12-7-6-11-8-13(10-4-2-1-3-5-10)15(17)18-14(11)9-12/h2*1-9H. The van der Waals surface area contributed by atoms with Gasteiger partial charge in [0.25, 0.3) is 0 Å². The van der Waals surface area contributed by atoms with Crippen LogP contribution >= 0.6 is 55.1 Å². The van der Waals surface area contributed by atoms with Crippen LogP contribution in [0, 0.1) is 0 Å². The summed E-state index contributed by atoms with van der Waals surface area (Å²) < 4.78 is 2.03. The number of nitrogens with zero attached hydrogens (tertiary/aromatic N) is 2. The summed E-state index contributed by atoms with van der Waals surface area (Å²) in [5, 5.41) is 3.22. The molecule has 176 valence electrons. The molecule has 6 rings (SSSR count). The minimum absolute atomic E-state index is 0.534. The van der Waals surface area contributed by atoms with Crippen molar-refractivity contribution in [2.45, 2.75) is 0 Å². The molecule has 0 amide bonds. The van der Waals surface area contributed by atoms with Crippen LogP contribution in [-0.2, 0) is 0 Å². The van der Waals surface area contributed by atoms with E-state index in [0.717, 1.165) is 53.0 Å². The predicted molar refractivity (Wildman–Crippen MR) is 160 cm³/mol. The molecule has 36 heavy (non-hydrogen) atoms. The molecule has 0 bridgehead atoms. The Balaban J connectivity index is 0.000000148. The molecule has 0 fully saturated rings. The highest BCUT2D eigenvalue weighted by molar-refractivity contribution is 9.11. The van der Waals surface area contributed by atoms with E-state index in [9.17, 15) is 0 Å². The third kappa shape index (κ3) is 5.47. The van der Waals surface area contributed by atoms with Crippen molar-refractivity contribution in [1.82, 2.24) is 9.97 Å². The summed E-state index contributed by atoms with van der Waals surface area (Å²) in [4.78, 5) is 8.90. The summed E-state index contributed by atoms with van der Waals surface area (Å²) in [6.07, 6.45) is 0. The van der Waals surface area contributed by atoms with Gasteiger partial charge in [-0.15, -0.1) is 0 Å². The first-order chi connectivity index (χ1) is 17.5. The van der Waals surface area contributed by atoms with Crippen LogP contribution in [0.4, 0.5) is 0 Å². The second-order valence-electron chi connectivity index (χ2n) is 8.03. The van der Waals surface area contributed by atoms with E-state index in [0.29, 0.717) is 10.3 Å². The zero-order valence-electron chi connectivity index (χ0n) is 18.8. The Bertz CT molecular complexity index is 1670. The highest BCUT2D eigenvalue weighted by Crippen LogP contribution is 2.33. The highest BCUT2D eigenvalue weighted by atomic mass is 79.9. The largest absolute Gasteiger partial charge is 0.235 e. The van der Waals surface area contributed by atoms with Crippen molar-refractivity contribution in [2.24, 2.45) is 0 Å². The zero-order valence-corrected chi connectivity index (χ0v) is 23.5. The molecule has 2 heterocycles. The summed E-state index contributed by atoms with van der Waals surface area (Å²) in [6.45, 7) is 0. The molecule has 6 heteroatoms. The van der Waals surface area contributed by atoms with Crippen LogP contribution < -0.4 is 0 Å². The highest BCUT2D eigenvalue weighted by Gasteiger charge is 2.09. The Morgan fingerprint density at radius 3 is 1.75 bits per heavy atom. The third-order valence-electron chi connectivity index (χ3n) is 5.66. The van der Waals surface area contributed by atoms with Crippen LogP contribution in [0.5, 0.6) is 0 Å². The topological polar surface area (TPSA) is 25.8 Å². The van der Waals surface area contributed by atoms with Gasteiger partial charge in [0.05, 0.1) is 11.0 Å². The molecule has 0 radical (unpaired) electrons. The van der Waals surface area contributed by atoms with E-state index in [1.54, 1.807) is 0 Å². The van der Waals surface area contributed by atoms with Gasteiger partial charge in [0.2, 0.25) is 0 Å². The molecule has 0 saturated carbocycles. The molecule has 2 aromatic heterocycles. The maximum absolute atomic E-state index is 6.26. The van der Waals surface area contributed by atoms with Crippen LogP contribution in [0.3, 0.4) is 0 Å². The van der Waals surface area contributed by atoms with Gasteiger partial charge in [0, 0.05) is 30.8 Å². The first kappa shape index (κ1) is 24.9. The van der Waals surface area contributed by atoms with Crippen molar-refractivity contribution in [3.63, 3.8) is 0 Å². The number of fused-ring (bicyclic) bond motifs is 2. The molecule has 0 aliphatic heterocycles. The average Bonchev–Trinajstić information content (AvgIpc) is 2.89. The van der Waals surface area contributed by atoms with Crippen LogP contribution in [-0.4, -0.2) is 9.97 Å². The lowest BCUT2D eigenvalue weighted by molar-refractivity contribution is 1.40. The van der Waals surface area contributed by atoms with Crippen molar-refractivity contribution in [3.05, 3.63) is 128 Å². The molecular weight excluding hydrogens is 619 g/mol. The normalized spacial score (nSPS) is 10.8. The molecule has 0 aliphatic rings. The number of rotatable bonds is 2. The molecule has 4 aromatic carbocycles. The van der Waals surface area contributed by atoms with Crippen molar-refractivity contribution in [3.8, 4) is 22.3 Å². The lowest BCUT2D eigenvalue weighted by Gasteiger charge is -2.07. The molecule has 0 spiro atoms. The molecule has 0 N–H and O–H groups in total. The van der Waals surface area contributed by atoms with Gasteiger partial charge in [-0.2, -0.15) is 0 Å². The SMILES string of the molecule is Clc1nc2cc(Br)ccc2cc1-c1ccccc1.Clc1nc2cccc(Br)c2cc1-c1ccccc1. The zero-order chi connectivity index (χ0) is 25.1. The van der Waals surface area contributed by atoms with Crippen LogP contribution in [0.25, 0.3) is 44.1 Å². The van der Waals surface area contributed by atoms with E-state index in [1.165, 1.54) is 0 Å². The number of pyridine rings is 2. The van der Waals surface area contributed by atoms with Gasteiger partial charge in [-0.1, -0.05) is 128 Å². The minimum Gasteiger partial charge on any atom is -0.235 e. The summed E-state index contributed by atoms with van der Waals surface area (Å²) in [5.74, 6) is 0. The maximum Gasteiger partial charge on any atom is 0.137 e. The van der Waals surface area contributed by atoms with Gasteiger partial charge in [-0.3, -0.25) is 0 Å². The Kier molecular flexibility index (Phi) is 7.68. The molecule has 6 aromatic rings. The lowest BCUT2D eigenvalue weighted by atomic mass is 10.1. The molecular formula is C30H18Br2Cl2N2. The molecule has 0 saturated heterocycles. The Morgan fingerprint density at radius 2 is 1.11 bits per heavy atom. The molecule has 0 atom stereocenters. The monoisotopic (exact) mass is 634 g/mol. The Hall–Kier alpha value is -2.76. The third-order valence-corrected chi connectivity index (χ3v) is 7.42. The predicted octanol–water partition coefficient (Wildman–Crippen LogP) is 10.6. The first-order valence-electron chi connectivity index (χ1n) is 11.1. The smallest absolute Gasteiger partial charge is 0.137 e. The summed E-state index contributed by atoms with van der Waals surface area (Å²) in [6, 6.07) is 36.2. The van der Waals surface area contributed by atoms with E-state index in [2.05, 4.69) is 54.0 Å². The van der Waals surface area contributed by atoms with E-state index >= 15 is 0 Å². The van der Waals surface area contributed by atoms with Crippen molar-refractivity contribution in [1.29, 1.82) is 0 Å². The van der Waals surface area contributed by atoms with Gasteiger partial charge >= 0.3 is 0 Å². The second kappa shape index (κ2) is 11.1. The number of aromatic nitrogens is 2. The van der Waals surface area contributed by atoms with Crippen molar-refractivity contribution in [2.75, 3.05) is 0 Å². The quantitative estimate of drug-likeness (QED) is 0.177. The fourth-order valence-electron chi connectivity index (χ4n) is 3.89. The number of hydrogen-bond acceptors (Lipinski definition) is 2. The Morgan fingerprint density at radius 1 is 0.528 bits per heavy atom. The minimum atomic E-state index is 0.534. The van der Waals surface area contributed by atoms with E-state index in [4.69, 9.17) is 23.2 Å². The average molecular weight is 637 g/mol. The summed E-state index contributed by atoms with van der Waals surface area (Å²) in [5.41, 5.74) is 5.87. The van der Waals surface area contributed by atoms with E-state index < -0.39 is 0 Å². The van der Waals surface area contributed by atoms with Crippen LogP contribution in [0.1, 0.15) is 0 Å². The number of halogens is 4. The van der Waals surface area contributed by atoms with Gasteiger partial charge in [0.1, 0.15) is 10.3 Å². The van der Waals surface area contributed by atoms with Crippen LogP contribution in [0.15, 0.2) is 118 Å². The lowest BCUT2D eigenvalue weighted by Crippen LogP contribution is -1.86. The van der Waals surface area contributed by atoms with Crippen LogP contribution in [0.2, 0.25) is 10.3 Å². The fraction of sp³-hybridized carbons (Fsp3) is 0. The van der Waals surface area contributed by atoms with Gasteiger partial charge < -0.3 is 0 Å². The van der Waals surface area contributed by atoms with Gasteiger partial charge in [0.15, 0.2) is 0 Å². The first-order valence-corrected chi connectivity index (χ1v) is 13.5. The molecule has 2 nitrogen and oxygen atoms in total. The van der Waals surface area contributed by atoms with Gasteiger partial charge in [-0.25, -0.2) is 9.97 Å². The number of benzene rings is 4. The van der Waals surface area contributed by atoms with E-state index in [1.807, 2.05) is 97.1 Å². The van der Waals surface area contributed by atoms with Crippen molar-refractivity contribution < 1.29 is 0 Å². The maximum atomic E-state index is 6.26. The van der Waals surface area contributed by atoms with E-state index in [-0.39, 0.29) is 0 Å².